The van der Waals surface area contributed by atoms with Gasteiger partial charge in [-0.25, -0.2) is 4.68 Å². The molecule has 8 nitrogen and oxygen atoms in total. The highest BCUT2D eigenvalue weighted by molar-refractivity contribution is 5.94. The van der Waals surface area contributed by atoms with Crippen molar-refractivity contribution in [1.29, 1.82) is 0 Å². The molecule has 3 rings (SSSR count). The highest BCUT2D eigenvalue weighted by Crippen LogP contribution is 2.25. The van der Waals surface area contributed by atoms with Crippen molar-refractivity contribution >= 4 is 5.91 Å². The lowest BCUT2D eigenvalue weighted by Gasteiger charge is -2.19. The number of amides is 1. The first kappa shape index (κ1) is 17.4. The number of hydrogen-bond donors (Lipinski definition) is 0. The van der Waals surface area contributed by atoms with E-state index in [1.54, 1.807) is 56.5 Å². The molecule has 0 radical (unpaired) electrons. The second-order valence-electron chi connectivity index (χ2n) is 5.64. The zero-order valence-electron chi connectivity index (χ0n) is 14.8. The van der Waals surface area contributed by atoms with Crippen molar-refractivity contribution in [2.24, 2.45) is 0 Å². The molecule has 134 valence electrons. The molecule has 0 saturated carbocycles. The zero-order valence-corrected chi connectivity index (χ0v) is 14.8. The molecule has 1 heterocycles. The Morgan fingerprint density at radius 2 is 1.88 bits per heavy atom. The van der Waals surface area contributed by atoms with Crippen molar-refractivity contribution < 1.29 is 14.3 Å². The van der Waals surface area contributed by atoms with Crippen molar-refractivity contribution in [2.45, 2.75) is 6.54 Å². The number of tetrazole rings is 1. The fourth-order valence-corrected chi connectivity index (χ4v) is 2.57. The predicted molar refractivity (Wildman–Crippen MR) is 94.5 cm³/mol. The van der Waals surface area contributed by atoms with E-state index in [0.717, 1.165) is 11.3 Å². The van der Waals surface area contributed by atoms with Crippen LogP contribution in [-0.4, -0.2) is 52.3 Å². The lowest BCUT2D eigenvalue weighted by molar-refractivity contribution is 0.0784. The van der Waals surface area contributed by atoms with Crippen molar-refractivity contribution in [2.75, 3.05) is 21.3 Å². The summed E-state index contributed by atoms with van der Waals surface area (Å²) in [4.78, 5) is 14.3. The molecule has 8 heteroatoms. The maximum absolute atomic E-state index is 12.7. The molecule has 0 unspecified atom stereocenters. The summed E-state index contributed by atoms with van der Waals surface area (Å²) in [6.07, 6.45) is 1.50. The quantitative estimate of drug-likeness (QED) is 0.674. The molecule has 1 amide bonds. The van der Waals surface area contributed by atoms with Crippen LogP contribution in [-0.2, 0) is 6.54 Å². The summed E-state index contributed by atoms with van der Waals surface area (Å²) in [5.41, 5.74) is 2.26. The smallest absolute Gasteiger partial charge is 0.253 e. The van der Waals surface area contributed by atoms with Gasteiger partial charge in [-0.3, -0.25) is 4.79 Å². The second-order valence-corrected chi connectivity index (χ2v) is 5.64. The normalized spacial score (nSPS) is 10.4. The van der Waals surface area contributed by atoms with E-state index in [-0.39, 0.29) is 5.91 Å². The third-order valence-electron chi connectivity index (χ3n) is 3.98. The van der Waals surface area contributed by atoms with Crippen LogP contribution in [0.25, 0.3) is 5.69 Å². The lowest BCUT2D eigenvalue weighted by atomic mass is 10.1. The number of nitrogens with zero attached hydrogens (tertiary/aromatic N) is 5. The maximum Gasteiger partial charge on any atom is 0.253 e. The summed E-state index contributed by atoms with van der Waals surface area (Å²) in [6, 6.07) is 12.6. The van der Waals surface area contributed by atoms with Crippen LogP contribution in [0.3, 0.4) is 0 Å². The number of aromatic nitrogens is 4. The van der Waals surface area contributed by atoms with Gasteiger partial charge in [-0.1, -0.05) is 0 Å². The number of ether oxygens (including phenoxy) is 2. The molecule has 1 aromatic heterocycles. The first-order valence-corrected chi connectivity index (χ1v) is 7.92. The SMILES string of the molecule is COc1ccc(CN(C)C(=O)c2ccc(-n3cnnn3)cc2)c(OC)c1. The van der Waals surface area contributed by atoms with Crippen molar-refractivity contribution in [3.63, 3.8) is 0 Å². The third kappa shape index (κ3) is 3.64. The van der Waals surface area contributed by atoms with E-state index in [1.807, 2.05) is 12.1 Å². The highest BCUT2D eigenvalue weighted by Gasteiger charge is 2.15. The van der Waals surface area contributed by atoms with Crippen LogP contribution in [0, 0.1) is 0 Å². The summed E-state index contributed by atoms with van der Waals surface area (Å²) in [6.45, 7) is 0.417. The standard InChI is InChI=1S/C18H19N5O3/c1-22(11-14-6-9-16(25-2)10-17(14)26-3)18(24)13-4-7-15(8-5-13)23-12-19-20-21-23/h4-10,12H,11H2,1-3H3. The van der Waals surface area contributed by atoms with Crippen LogP contribution in [0.1, 0.15) is 15.9 Å². The van der Waals surface area contributed by atoms with Crippen molar-refractivity contribution in [3.8, 4) is 17.2 Å². The third-order valence-corrected chi connectivity index (χ3v) is 3.98. The number of hydrogen-bond acceptors (Lipinski definition) is 6. The fourth-order valence-electron chi connectivity index (χ4n) is 2.57. The first-order chi connectivity index (χ1) is 12.6. The van der Waals surface area contributed by atoms with Gasteiger partial charge in [0.2, 0.25) is 0 Å². The Balaban J connectivity index is 1.73. The number of carbonyl (C=O) groups is 1. The van der Waals surface area contributed by atoms with Crippen molar-refractivity contribution in [3.05, 3.63) is 59.9 Å². The summed E-state index contributed by atoms with van der Waals surface area (Å²) < 4.78 is 12.1. The lowest BCUT2D eigenvalue weighted by Crippen LogP contribution is -2.26. The molecule has 0 bridgehead atoms. The topological polar surface area (TPSA) is 82.4 Å². The molecule has 0 N–H and O–H groups in total. The summed E-state index contributed by atoms with van der Waals surface area (Å²) in [7, 11) is 4.95. The van der Waals surface area contributed by atoms with Crippen LogP contribution in [0.2, 0.25) is 0 Å². The maximum atomic E-state index is 12.7. The zero-order chi connectivity index (χ0) is 18.5. The van der Waals surface area contributed by atoms with Gasteiger partial charge in [0.1, 0.15) is 17.8 Å². The van der Waals surface area contributed by atoms with Crippen LogP contribution in [0.15, 0.2) is 48.8 Å². The van der Waals surface area contributed by atoms with E-state index in [9.17, 15) is 4.79 Å². The monoisotopic (exact) mass is 353 g/mol. The van der Waals surface area contributed by atoms with Gasteiger partial charge < -0.3 is 14.4 Å². The average molecular weight is 353 g/mol. The summed E-state index contributed by atoms with van der Waals surface area (Å²) in [5, 5.41) is 11.0. The molecule has 0 aliphatic carbocycles. The highest BCUT2D eigenvalue weighted by atomic mass is 16.5. The fraction of sp³-hybridized carbons (Fsp3) is 0.222. The Labute approximate surface area is 151 Å². The van der Waals surface area contributed by atoms with Gasteiger partial charge in [-0.15, -0.1) is 5.10 Å². The molecule has 0 spiro atoms. The largest absolute Gasteiger partial charge is 0.497 e. The van der Waals surface area contributed by atoms with Gasteiger partial charge in [-0.2, -0.15) is 0 Å². The minimum Gasteiger partial charge on any atom is -0.497 e. The molecule has 0 atom stereocenters. The molecule has 0 fully saturated rings. The van der Waals surface area contributed by atoms with E-state index < -0.39 is 0 Å². The Hall–Kier alpha value is -3.42. The van der Waals surface area contributed by atoms with Crippen LogP contribution in [0.4, 0.5) is 0 Å². The summed E-state index contributed by atoms with van der Waals surface area (Å²) >= 11 is 0. The van der Waals surface area contributed by atoms with Gasteiger partial charge >= 0.3 is 0 Å². The molecule has 26 heavy (non-hydrogen) atoms. The molecule has 0 saturated heterocycles. The molecular weight excluding hydrogens is 334 g/mol. The van der Waals surface area contributed by atoms with Gasteiger partial charge in [0, 0.05) is 30.8 Å². The average Bonchev–Trinajstić information content (AvgIpc) is 3.22. The number of benzene rings is 2. The number of rotatable bonds is 6. The molecule has 2 aromatic carbocycles. The van der Waals surface area contributed by atoms with Crippen LogP contribution < -0.4 is 9.47 Å². The Bertz CT molecular complexity index is 878. The van der Waals surface area contributed by atoms with Crippen molar-refractivity contribution in [1.82, 2.24) is 25.1 Å². The van der Waals surface area contributed by atoms with Crippen LogP contribution in [0.5, 0.6) is 11.5 Å². The Morgan fingerprint density at radius 1 is 1.12 bits per heavy atom. The van der Waals surface area contributed by atoms with Gasteiger partial charge in [0.05, 0.1) is 19.9 Å². The van der Waals surface area contributed by atoms with E-state index in [1.165, 1.54) is 11.0 Å². The second kappa shape index (κ2) is 7.64. The van der Waals surface area contributed by atoms with E-state index in [0.29, 0.717) is 23.6 Å². The number of carbonyl (C=O) groups excluding carboxylic acids is 1. The van der Waals surface area contributed by atoms with E-state index in [4.69, 9.17) is 9.47 Å². The summed E-state index contributed by atoms with van der Waals surface area (Å²) in [5.74, 6) is 1.29. The van der Waals surface area contributed by atoms with E-state index >= 15 is 0 Å². The molecule has 0 aliphatic rings. The predicted octanol–water partition coefficient (Wildman–Crippen LogP) is 1.95. The Morgan fingerprint density at radius 3 is 2.50 bits per heavy atom. The first-order valence-electron chi connectivity index (χ1n) is 7.92. The van der Waals surface area contributed by atoms with Gasteiger partial charge in [-0.05, 0) is 46.8 Å². The molecular formula is C18H19N5O3. The molecule has 0 aliphatic heterocycles. The van der Waals surface area contributed by atoms with E-state index in [2.05, 4.69) is 15.5 Å². The minimum atomic E-state index is -0.0915. The Kier molecular flexibility index (Phi) is 5.12. The number of methoxy groups -OCH3 is 2. The van der Waals surface area contributed by atoms with Gasteiger partial charge in [0.15, 0.2) is 0 Å². The molecule has 3 aromatic rings. The van der Waals surface area contributed by atoms with Gasteiger partial charge in [0.25, 0.3) is 5.91 Å². The minimum absolute atomic E-state index is 0.0915. The van der Waals surface area contributed by atoms with Crippen LogP contribution >= 0.6 is 0 Å².